The van der Waals surface area contributed by atoms with E-state index in [1.54, 1.807) is 0 Å². The Bertz CT molecular complexity index is 207. The Labute approximate surface area is 177 Å². The van der Waals surface area contributed by atoms with Gasteiger partial charge in [-0.2, -0.15) is 0 Å². The first-order valence-electron chi connectivity index (χ1n) is 12.3. The largest absolute Gasteiger partial charge is 1.00 e. The first kappa shape index (κ1) is 35.2. The lowest BCUT2D eigenvalue weighted by Crippen LogP contribution is -3.00. The minimum atomic E-state index is 0. The highest BCUT2D eigenvalue weighted by Crippen LogP contribution is 2.16. The Morgan fingerprint density at radius 3 is 1.00 bits per heavy atom. The second-order valence-corrected chi connectivity index (χ2v) is 8.27. The summed E-state index contributed by atoms with van der Waals surface area (Å²) in [6.07, 6.45) is 19.4. The van der Waals surface area contributed by atoms with Crippen LogP contribution < -0.4 is 15.1 Å². The number of halogens is 2. The van der Waals surface area contributed by atoms with Crippen molar-refractivity contribution in [1.82, 2.24) is 0 Å². The number of quaternary nitrogens is 2. The monoisotopic (exact) mass is 410 g/mol. The van der Waals surface area contributed by atoms with Crippen LogP contribution in [-0.2, 0) is 0 Å². The normalized spacial score (nSPS) is 10.5. The van der Waals surface area contributed by atoms with E-state index in [0.717, 1.165) is 6.54 Å². The molecule has 0 fully saturated rings. The third-order valence-electron chi connectivity index (χ3n) is 5.55. The summed E-state index contributed by atoms with van der Waals surface area (Å²) in [5.41, 5.74) is 3.80. The zero-order valence-corrected chi connectivity index (χ0v) is 20.3. The van der Waals surface area contributed by atoms with Gasteiger partial charge in [-0.1, -0.05) is 86.0 Å². The van der Waals surface area contributed by atoms with E-state index in [0.29, 0.717) is 0 Å². The molecule has 0 amide bonds. The fourth-order valence-electron chi connectivity index (χ4n) is 3.60. The Morgan fingerprint density at radius 2 is 0.714 bits per heavy atom. The van der Waals surface area contributed by atoms with Gasteiger partial charge in [-0.3, -0.25) is 0 Å². The van der Waals surface area contributed by atoms with Crippen molar-refractivity contribution < 1.29 is 19.6 Å². The van der Waals surface area contributed by atoms with Gasteiger partial charge in [0.15, 0.2) is 0 Å². The fraction of sp³-hybridized carbons (Fsp3) is 1.00. The molecule has 0 atom stereocenters. The van der Waals surface area contributed by atoms with E-state index < -0.39 is 0 Å². The van der Waals surface area contributed by atoms with E-state index in [1.807, 2.05) is 0 Å². The Hall–Kier alpha value is -0.220. The lowest BCUT2D eigenvalue weighted by molar-refractivity contribution is -0.929. The van der Waals surface area contributed by atoms with Gasteiger partial charge in [0.2, 0.25) is 0 Å². The zero-order chi connectivity index (χ0) is 19.9. The van der Waals surface area contributed by atoms with Gasteiger partial charge in [0.25, 0.3) is 0 Å². The predicted octanol–water partition coefficient (Wildman–Crippen LogP) is 0.600. The van der Waals surface area contributed by atoms with Crippen LogP contribution in [0, 0.1) is 0 Å². The maximum atomic E-state index is 3.80. The molecule has 0 radical (unpaired) electrons. The molecule has 0 saturated carbocycles. The summed E-state index contributed by atoms with van der Waals surface area (Å²) >= 11 is 0. The Morgan fingerprint density at radius 1 is 0.429 bits per heavy atom. The van der Waals surface area contributed by atoms with Gasteiger partial charge in [0.05, 0.1) is 32.7 Å². The van der Waals surface area contributed by atoms with E-state index >= 15 is 0 Å². The van der Waals surface area contributed by atoms with E-state index in [1.165, 1.54) is 121 Å². The van der Waals surface area contributed by atoms with Crippen molar-refractivity contribution >= 4 is 0 Å². The van der Waals surface area contributed by atoms with Crippen molar-refractivity contribution in [3.05, 3.63) is 0 Å². The van der Waals surface area contributed by atoms with E-state index in [2.05, 4.69) is 40.4 Å². The van der Waals surface area contributed by atoms with E-state index in [4.69, 9.17) is 0 Å². The third kappa shape index (κ3) is 23.8. The summed E-state index contributed by atoms with van der Waals surface area (Å²) in [6.45, 7) is 18.4. The molecule has 0 aliphatic rings. The lowest BCUT2D eigenvalue weighted by atomic mass is 10.1. The molecule has 0 spiro atoms. The quantitative estimate of drug-likeness (QED) is 0.253. The number of unbranched alkanes of at least 4 members (excludes halogenated alkanes) is 9. The molecule has 0 saturated heterocycles. The molecule has 4 heteroatoms. The minimum Gasteiger partial charge on any atom is -1.00 e. The number of rotatable bonds is 18. The average Bonchev–Trinajstić information content (AvgIpc) is 2.67. The maximum Gasteiger partial charge on any atom is 0.0786 e. The van der Waals surface area contributed by atoms with Crippen molar-refractivity contribution in [3.8, 4) is 0 Å². The van der Waals surface area contributed by atoms with E-state index in [-0.39, 0.29) is 9.41 Å². The summed E-state index contributed by atoms with van der Waals surface area (Å²) in [5.74, 6) is 0. The summed E-state index contributed by atoms with van der Waals surface area (Å²) in [6, 6.07) is 0. The van der Waals surface area contributed by atoms with Gasteiger partial charge >= 0.3 is 0 Å². The summed E-state index contributed by atoms with van der Waals surface area (Å²) < 4.78 is 1.42. The number of nitrogens with zero attached hydrogens (tertiary/aromatic N) is 1. The van der Waals surface area contributed by atoms with E-state index in [9.17, 15) is 0 Å². The molecule has 3 N–H and O–H groups in total. The van der Waals surface area contributed by atoms with Crippen molar-refractivity contribution in [1.29, 1.82) is 0 Å². The van der Waals surface area contributed by atoms with Crippen molar-refractivity contribution in [2.75, 3.05) is 32.7 Å². The maximum absolute atomic E-state index is 3.80. The van der Waals surface area contributed by atoms with Crippen LogP contribution in [0.25, 0.3) is 0 Å². The molecule has 0 aliphatic carbocycles. The van der Waals surface area contributed by atoms with Gasteiger partial charge in [-0.25, -0.2) is 0 Å². The summed E-state index contributed by atoms with van der Waals surface area (Å²) in [4.78, 5) is 0. The zero-order valence-electron chi connectivity index (χ0n) is 20.3. The molecule has 0 unspecified atom stereocenters. The first-order valence-corrected chi connectivity index (χ1v) is 12.3. The van der Waals surface area contributed by atoms with Gasteiger partial charge < -0.3 is 19.6 Å². The highest BCUT2D eigenvalue weighted by atomic mass is 19.0. The van der Waals surface area contributed by atoms with Crippen LogP contribution >= 0.6 is 0 Å². The minimum absolute atomic E-state index is 0. The van der Waals surface area contributed by atoms with Gasteiger partial charge in [0.1, 0.15) is 0 Å². The Kier molecular flexibility index (Phi) is 36.5. The molecule has 0 aromatic rings. The fourth-order valence-corrected chi connectivity index (χ4v) is 3.60. The molecule has 0 aromatic carbocycles. The molecular weight excluding hydrogens is 354 g/mol. The molecule has 0 heterocycles. The molecule has 0 rings (SSSR count). The molecular formula is C24H56F2N2. The number of hydrogen-bond donors (Lipinski definition) is 1. The highest BCUT2D eigenvalue weighted by molar-refractivity contribution is 4.49. The highest BCUT2D eigenvalue weighted by Gasteiger charge is 2.24. The van der Waals surface area contributed by atoms with Crippen LogP contribution in [0.2, 0.25) is 0 Å². The van der Waals surface area contributed by atoms with Crippen molar-refractivity contribution in [2.45, 2.75) is 125 Å². The molecule has 0 aliphatic heterocycles. The predicted molar refractivity (Wildman–Crippen MR) is 120 cm³/mol. The van der Waals surface area contributed by atoms with Crippen LogP contribution in [0.5, 0.6) is 0 Å². The topological polar surface area (TPSA) is 27.6 Å². The second-order valence-electron chi connectivity index (χ2n) is 8.27. The SMILES string of the molecule is CCCCCCCC[NH3+].CCCC[N+](CCCC)(CCCC)CCCC.[F-].[F-]. The standard InChI is InChI=1S/C16H36N.C8H19N.2FH/c1-5-9-13-17(14-10-6-2,15-11-7-3)16-12-8-4;1-2-3-4-5-6-7-8-9;;/h5-16H2,1-4H3;2-9H2,1H3;2*1H/q+1;;;/p-1. The Balaban J connectivity index is -0.000000225. The van der Waals surface area contributed by atoms with Gasteiger partial charge in [-0.05, 0) is 38.5 Å². The van der Waals surface area contributed by atoms with Crippen LogP contribution in [0.15, 0.2) is 0 Å². The third-order valence-corrected chi connectivity index (χ3v) is 5.55. The average molecular weight is 411 g/mol. The molecule has 176 valence electrons. The van der Waals surface area contributed by atoms with Gasteiger partial charge in [-0.15, -0.1) is 0 Å². The second kappa shape index (κ2) is 29.0. The number of hydrogen-bond acceptors (Lipinski definition) is 0. The van der Waals surface area contributed by atoms with Crippen LogP contribution in [0.1, 0.15) is 125 Å². The first-order chi connectivity index (χ1) is 12.7. The smallest absolute Gasteiger partial charge is 0.0786 e. The summed E-state index contributed by atoms with van der Waals surface area (Å²) in [7, 11) is 0. The molecule has 0 bridgehead atoms. The molecule has 28 heavy (non-hydrogen) atoms. The van der Waals surface area contributed by atoms with Crippen molar-refractivity contribution in [2.24, 2.45) is 0 Å². The van der Waals surface area contributed by atoms with Gasteiger partial charge in [0, 0.05) is 0 Å². The summed E-state index contributed by atoms with van der Waals surface area (Å²) in [5, 5.41) is 0. The van der Waals surface area contributed by atoms with Crippen LogP contribution in [-0.4, -0.2) is 37.2 Å². The molecule has 2 nitrogen and oxygen atoms in total. The van der Waals surface area contributed by atoms with Crippen LogP contribution in [0.3, 0.4) is 0 Å². The lowest BCUT2D eigenvalue weighted by Gasteiger charge is -2.39. The van der Waals surface area contributed by atoms with Crippen molar-refractivity contribution in [3.63, 3.8) is 0 Å². The molecule has 0 aromatic heterocycles. The van der Waals surface area contributed by atoms with Crippen LogP contribution in [0.4, 0.5) is 0 Å².